The number of benzene rings is 5. The van der Waals surface area contributed by atoms with Crippen LogP contribution in [0.2, 0.25) is 0 Å². The number of alkyl halides is 4. The Morgan fingerprint density at radius 2 is 0.733 bits per heavy atom. The van der Waals surface area contributed by atoms with Gasteiger partial charge in [0.05, 0.1) is 24.2 Å². The zero-order chi connectivity index (χ0) is 83.6. The maximum absolute atomic E-state index is 14.2. The summed E-state index contributed by atoms with van der Waals surface area (Å²) < 4.78 is 201. The van der Waals surface area contributed by atoms with Crippen molar-refractivity contribution < 1.29 is 115 Å². The van der Waals surface area contributed by atoms with Crippen LogP contribution in [0.1, 0.15) is 129 Å². The number of aromatic hydroxyl groups is 1. The van der Waals surface area contributed by atoms with Gasteiger partial charge >= 0.3 is 13.2 Å². The van der Waals surface area contributed by atoms with Crippen LogP contribution >= 0.6 is 0 Å². The number of nitrogens with zero attached hydrogens (tertiary/aromatic N) is 6. The number of nitrogens with one attached hydrogen (secondary N) is 3. The lowest BCUT2D eigenvalue weighted by atomic mass is 10.0. The summed E-state index contributed by atoms with van der Waals surface area (Å²) in [6.07, 6.45) is 8.38. The van der Waals surface area contributed by atoms with E-state index in [9.17, 15) is 110 Å². The van der Waals surface area contributed by atoms with Crippen LogP contribution in [0.5, 0.6) is 17.2 Å². The highest BCUT2D eigenvalue weighted by atomic mass is 19.3. The van der Waals surface area contributed by atoms with Gasteiger partial charge in [0.1, 0.15) is 94.5 Å². The fraction of sp³-hybridized carbons (Fsp3) is 0.278. The number of halogens is 13. The first-order valence-electron chi connectivity index (χ1n) is 35.4. The number of pyridine rings is 3. The van der Waals surface area contributed by atoms with Crippen molar-refractivity contribution >= 4 is 35.4 Å². The van der Waals surface area contributed by atoms with Crippen molar-refractivity contribution in [2.45, 2.75) is 121 Å². The Morgan fingerprint density at radius 3 is 1.08 bits per heavy atom. The molecule has 8 aromatic rings. The molecule has 37 heteroatoms. The first kappa shape index (κ1) is 82.8. The number of fused-ring (bicyclic) bond motifs is 12. The molecule has 6 aliphatic heterocycles. The lowest BCUT2D eigenvalue weighted by Crippen LogP contribution is -2.50. The fourth-order valence-corrected chi connectivity index (χ4v) is 13.9. The molecule has 6 aliphatic rings. The number of rotatable bonds is 19. The number of amides is 6. The number of hydrogen-bond donors (Lipinski definition) is 5. The Kier molecular flexibility index (Phi) is 24.7. The van der Waals surface area contributed by atoms with Gasteiger partial charge in [0, 0.05) is 129 Å². The molecule has 608 valence electrons. The molecule has 6 amide bonds. The van der Waals surface area contributed by atoms with Crippen molar-refractivity contribution in [2.75, 3.05) is 19.6 Å². The van der Waals surface area contributed by atoms with E-state index in [0.29, 0.717) is 47.5 Å². The zero-order valence-corrected chi connectivity index (χ0v) is 60.7. The normalized spacial score (nSPS) is 20.1. The molecule has 0 fully saturated rings. The van der Waals surface area contributed by atoms with Crippen molar-refractivity contribution in [3.8, 4) is 17.2 Å². The topological polar surface area (TPSA) is 292 Å². The number of carbonyl (C=O) groups is 6. The molecule has 14 rings (SSSR count). The number of aromatic nitrogens is 3. The second-order valence-electron chi connectivity index (χ2n) is 27.2. The fourth-order valence-electron chi connectivity index (χ4n) is 13.9. The molecule has 0 unspecified atom stereocenters. The van der Waals surface area contributed by atoms with Crippen LogP contribution < -0.4 is 41.7 Å². The van der Waals surface area contributed by atoms with Crippen LogP contribution in [0.15, 0.2) is 166 Å². The van der Waals surface area contributed by atoms with Gasteiger partial charge in [0.25, 0.3) is 35.4 Å². The van der Waals surface area contributed by atoms with Gasteiger partial charge in [0.15, 0.2) is 34.3 Å². The van der Waals surface area contributed by atoms with Crippen LogP contribution in [-0.2, 0) is 42.3 Å². The second kappa shape index (κ2) is 34.6. The van der Waals surface area contributed by atoms with E-state index in [-0.39, 0.29) is 56.0 Å². The Labute approximate surface area is 647 Å². The average Bonchev–Trinajstić information content (AvgIpc) is 1.04. The third kappa shape index (κ3) is 17.2. The van der Waals surface area contributed by atoms with Crippen molar-refractivity contribution in [3.63, 3.8) is 0 Å². The molecule has 0 aliphatic carbocycles. The molecular weight excluding hydrogens is 1560 g/mol. The highest BCUT2D eigenvalue weighted by molar-refractivity contribution is 6.02. The molecule has 3 aromatic heterocycles. The molecule has 24 nitrogen and oxygen atoms in total. The number of aliphatic hydroxyl groups excluding tert-OH is 1. The Bertz CT molecular complexity index is 5430. The van der Waals surface area contributed by atoms with Gasteiger partial charge in [0.2, 0.25) is 16.3 Å². The molecule has 5 N–H and O–H groups in total. The predicted molar refractivity (Wildman–Crippen MR) is 382 cm³/mol. The van der Waals surface area contributed by atoms with Gasteiger partial charge in [-0.1, -0.05) is 97.1 Å². The highest BCUT2D eigenvalue weighted by Crippen LogP contribution is 2.38. The summed E-state index contributed by atoms with van der Waals surface area (Å²) in [7, 11) is 0. The lowest BCUT2D eigenvalue weighted by molar-refractivity contribution is -0.162. The largest absolute Gasteiger partial charge is 0.503 e. The van der Waals surface area contributed by atoms with Crippen LogP contribution in [0.3, 0.4) is 0 Å². The van der Waals surface area contributed by atoms with E-state index in [2.05, 4.69) is 20.7 Å². The Morgan fingerprint density at radius 1 is 0.431 bits per heavy atom. The predicted octanol–water partition coefficient (Wildman–Crippen LogP) is 9.89. The van der Waals surface area contributed by atoms with Gasteiger partial charge in [-0.05, 0) is 31.9 Å². The minimum atomic E-state index is -3.18. The Hall–Kier alpha value is -12.6. The SMILES string of the molecule is C[C@H]1C=C[C@H](O)[C@H]2CN1C(=O)c1c(OCc3ccccc3)c(=O)c(C(=O)NCc3c(F)cc(F)cc3F)cn12.C[C@H]1C=C[C@H](OC(F)F)[C@H]2CN1C(=O)c1c(O)c(=O)c(C(=O)NCc3c(F)cc(F)cc3F)cn12.C[C@H]1C=C[C@H](OC(F)F)[C@H]2CN1C(=O)c1c(OCc3ccccc3)c(=O)c(C(=O)NCc3c(F)cc(F)cc3F)cn12. The molecule has 0 saturated heterocycles. The van der Waals surface area contributed by atoms with E-state index in [4.69, 9.17) is 14.2 Å². The van der Waals surface area contributed by atoms with Gasteiger partial charge in [-0.25, -0.2) is 39.5 Å². The van der Waals surface area contributed by atoms with Gasteiger partial charge < -0.3 is 73.5 Å². The molecule has 5 aromatic carbocycles. The first-order valence-corrected chi connectivity index (χ1v) is 35.4. The molecule has 116 heavy (non-hydrogen) atoms. The molecule has 9 atom stereocenters. The van der Waals surface area contributed by atoms with E-state index >= 15 is 0 Å². The van der Waals surface area contributed by atoms with Crippen LogP contribution in [0, 0.1) is 52.4 Å². The zero-order valence-electron chi connectivity index (χ0n) is 60.7. The minimum absolute atomic E-state index is 0.0888. The quantitative estimate of drug-likeness (QED) is 0.0372. The summed E-state index contributed by atoms with van der Waals surface area (Å²) in [6, 6.07) is 15.9. The minimum Gasteiger partial charge on any atom is -0.503 e. The van der Waals surface area contributed by atoms with Crippen LogP contribution in [0.4, 0.5) is 57.1 Å². The van der Waals surface area contributed by atoms with Crippen molar-refractivity contribution in [1.29, 1.82) is 0 Å². The number of hydrogen-bond acceptors (Lipinski definition) is 15. The number of aliphatic hydroxyl groups is 1. The second-order valence-corrected chi connectivity index (χ2v) is 27.2. The smallest absolute Gasteiger partial charge is 0.345 e. The maximum Gasteiger partial charge on any atom is 0.345 e. The highest BCUT2D eigenvalue weighted by Gasteiger charge is 2.46. The van der Waals surface area contributed by atoms with E-state index in [1.807, 2.05) is 0 Å². The van der Waals surface area contributed by atoms with Gasteiger partial charge in [-0.15, -0.1) is 0 Å². The van der Waals surface area contributed by atoms with E-state index in [1.54, 1.807) is 93.6 Å². The average molecular weight is 1630 g/mol. The van der Waals surface area contributed by atoms with E-state index in [0.717, 1.165) is 23.2 Å². The molecule has 9 heterocycles. The summed E-state index contributed by atoms with van der Waals surface area (Å²) in [4.78, 5) is 123. The Balaban J connectivity index is 0.000000161. The number of ether oxygens (including phenoxy) is 4. The van der Waals surface area contributed by atoms with Crippen molar-refractivity contribution in [2.24, 2.45) is 0 Å². The summed E-state index contributed by atoms with van der Waals surface area (Å²) >= 11 is 0. The maximum atomic E-state index is 14.2. The lowest BCUT2D eigenvalue weighted by Gasteiger charge is -2.39. The van der Waals surface area contributed by atoms with Crippen LogP contribution in [0.25, 0.3) is 0 Å². The molecule has 0 radical (unpaired) electrons. The van der Waals surface area contributed by atoms with Crippen molar-refractivity contribution in [3.05, 3.63) is 297 Å². The monoisotopic (exact) mass is 1630 g/mol. The molecule has 0 saturated carbocycles. The van der Waals surface area contributed by atoms with Crippen molar-refractivity contribution in [1.82, 2.24) is 44.4 Å². The molecular formula is C79H66F13N9O15. The van der Waals surface area contributed by atoms with E-state index < -0.39 is 236 Å². The summed E-state index contributed by atoms with van der Waals surface area (Å²) in [6.45, 7) is -3.86. The van der Waals surface area contributed by atoms with Gasteiger partial charge in [-0.3, -0.25) is 43.2 Å². The molecule has 0 spiro atoms. The summed E-state index contributed by atoms with van der Waals surface area (Å²) in [5.41, 5.74) is -6.41. The summed E-state index contributed by atoms with van der Waals surface area (Å²) in [5.74, 6) is -18.1. The first-order chi connectivity index (χ1) is 55.2. The standard InChI is InChI=1S/C29H24F5N3O5.C28H24F3N3O5.C22H18F5N3O5/c1-15-7-8-23(42-29(33)34)22-13-36(15)28(40)24-26(41-14-16-5-3-2-4-6-16)25(38)19(12-37(22)24)27(39)35-11-18-20(31)9-17(30)10-21(18)32;1-15-7-8-23(35)22-13-33(15)28(38)24-26(39-14-16-5-3-2-4-6-16)25(36)19(12-34(22)24)27(37)32-11-18-20(30)9-17(29)10-21(18)31;1-9-2-3-16(35-22(26)27)15-8-29(9)21(34)17-19(32)18(31)12(7-30(15)17)20(33)28-6-11-13(24)4-10(23)5-14(11)25/h2-10,12,15,22-23,29H,11,13-14H2,1H3,(H,35,39);2-10,12,15,22-23,35H,11,13-14H2,1H3,(H,32,37);2-5,7,9,15-16,22,32H,6,8H2,1H3,(H,28,33)/t2*15-,22+,23-;9-,15+,16-/m000/s1. The molecule has 6 bridgehead atoms. The van der Waals surface area contributed by atoms with E-state index in [1.165, 1.54) is 48.1 Å². The van der Waals surface area contributed by atoms with Crippen LogP contribution in [-0.4, -0.2) is 143 Å². The van der Waals surface area contributed by atoms with Gasteiger partial charge in [-0.2, -0.15) is 17.6 Å². The number of carbonyl (C=O) groups excluding carboxylic acids is 6. The third-order valence-electron chi connectivity index (χ3n) is 19.9. The third-order valence-corrected chi connectivity index (χ3v) is 19.9. The summed E-state index contributed by atoms with van der Waals surface area (Å²) in [5, 5.41) is 27.9.